The van der Waals surface area contributed by atoms with E-state index in [4.69, 9.17) is 15.2 Å². The summed E-state index contributed by atoms with van der Waals surface area (Å²) in [4.78, 5) is 0. The Morgan fingerprint density at radius 3 is 3.21 bits per heavy atom. The fraction of sp³-hybridized carbons (Fsp3) is 0.143. The molecule has 0 radical (unpaired) electrons. The number of hydrogen-bond acceptors (Lipinski definition) is 5. The quantitative estimate of drug-likeness (QED) is 0.660. The zero-order valence-electron chi connectivity index (χ0n) is 7.10. The molecule has 3 N–H and O–H groups in total. The van der Waals surface area contributed by atoms with E-state index in [1.807, 2.05) is 0 Å². The van der Waals surface area contributed by atoms with Crippen molar-refractivity contribution in [3.63, 3.8) is 0 Å². The van der Waals surface area contributed by atoms with Crippen molar-refractivity contribution in [1.29, 1.82) is 0 Å². The zero-order valence-corrected chi connectivity index (χ0v) is 7.10. The smallest absolute Gasteiger partial charge is 0.267 e. The molecule has 2 aromatic rings. The van der Waals surface area contributed by atoms with Crippen molar-refractivity contribution in [3.8, 4) is 17.4 Å². The molecular formula is C7H7N5O2. The molecule has 7 heteroatoms. The first kappa shape index (κ1) is 7.25. The second-order valence-electron chi connectivity index (χ2n) is 2.78. The molecule has 1 aliphatic heterocycles. The Kier molecular flexibility index (Phi) is 1.25. The summed E-state index contributed by atoms with van der Waals surface area (Å²) in [6, 6.07) is 1.76. The molecule has 1 aliphatic rings. The molecule has 0 aromatic carbocycles. The normalized spacial score (nSPS) is 13.4. The molecule has 72 valence electrons. The monoisotopic (exact) mass is 193 g/mol. The summed E-state index contributed by atoms with van der Waals surface area (Å²) in [6.45, 7) is 0.172. The van der Waals surface area contributed by atoms with E-state index in [1.165, 1.54) is 4.68 Å². The van der Waals surface area contributed by atoms with Gasteiger partial charge < -0.3 is 15.2 Å². The molecule has 14 heavy (non-hydrogen) atoms. The van der Waals surface area contributed by atoms with Gasteiger partial charge in [0.25, 0.3) is 5.88 Å². The zero-order chi connectivity index (χ0) is 9.54. The number of aromatic amines is 1. The lowest BCUT2D eigenvalue weighted by atomic mass is 10.5. The van der Waals surface area contributed by atoms with Crippen molar-refractivity contribution in [3.05, 3.63) is 12.3 Å². The number of rotatable bonds is 1. The summed E-state index contributed by atoms with van der Waals surface area (Å²) in [6.07, 6.45) is 1.62. The molecule has 0 spiro atoms. The first-order valence-electron chi connectivity index (χ1n) is 4.00. The van der Waals surface area contributed by atoms with Crippen molar-refractivity contribution < 1.29 is 9.47 Å². The second kappa shape index (κ2) is 2.41. The van der Waals surface area contributed by atoms with Crippen molar-refractivity contribution in [2.75, 3.05) is 12.5 Å². The highest BCUT2D eigenvalue weighted by Gasteiger charge is 2.25. The predicted octanol–water partition coefficient (Wildman–Crippen LogP) is -0.0937. The van der Waals surface area contributed by atoms with Gasteiger partial charge in [0.2, 0.25) is 12.5 Å². The molecule has 2 aromatic heterocycles. The molecular weight excluding hydrogens is 186 g/mol. The van der Waals surface area contributed by atoms with Crippen LogP contribution in [-0.4, -0.2) is 26.8 Å². The predicted molar refractivity (Wildman–Crippen MR) is 46.2 cm³/mol. The van der Waals surface area contributed by atoms with E-state index >= 15 is 0 Å². The Morgan fingerprint density at radius 1 is 1.50 bits per heavy atom. The fourth-order valence-electron chi connectivity index (χ4n) is 1.34. The van der Waals surface area contributed by atoms with E-state index in [0.29, 0.717) is 23.3 Å². The summed E-state index contributed by atoms with van der Waals surface area (Å²) in [5, 5.41) is 10.6. The molecule has 0 fully saturated rings. The van der Waals surface area contributed by atoms with Crippen LogP contribution in [0.5, 0.6) is 11.6 Å². The lowest BCUT2D eigenvalue weighted by Crippen LogP contribution is -2.04. The number of nitrogen functional groups attached to an aromatic ring is 1. The van der Waals surface area contributed by atoms with Gasteiger partial charge in [-0.1, -0.05) is 0 Å². The van der Waals surface area contributed by atoms with Crippen molar-refractivity contribution >= 4 is 5.82 Å². The van der Waals surface area contributed by atoms with Crippen LogP contribution in [-0.2, 0) is 0 Å². The highest BCUT2D eigenvalue weighted by Crippen LogP contribution is 2.38. The largest absolute Gasteiger partial charge is 0.448 e. The average molecular weight is 193 g/mol. The van der Waals surface area contributed by atoms with Crippen LogP contribution in [0.1, 0.15) is 0 Å². The lowest BCUT2D eigenvalue weighted by Gasteiger charge is -1.99. The van der Waals surface area contributed by atoms with E-state index in [1.54, 1.807) is 12.3 Å². The van der Waals surface area contributed by atoms with Crippen molar-refractivity contribution in [1.82, 2.24) is 20.0 Å². The van der Waals surface area contributed by atoms with Gasteiger partial charge in [-0.05, 0) is 0 Å². The number of ether oxygens (including phenoxy) is 2. The Labute approximate surface area is 78.4 Å². The van der Waals surface area contributed by atoms with Crippen molar-refractivity contribution in [2.45, 2.75) is 0 Å². The van der Waals surface area contributed by atoms with Crippen LogP contribution in [0.25, 0.3) is 5.82 Å². The van der Waals surface area contributed by atoms with Gasteiger partial charge in [0.1, 0.15) is 0 Å². The van der Waals surface area contributed by atoms with Crippen LogP contribution in [0.4, 0.5) is 5.82 Å². The van der Waals surface area contributed by atoms with Crippen LogP contribution < -0.4 is 15.2 Å². The van der Waals surface area contributed by atoms with E-state index in [2.05, 4.69) is 15.3 Å². The Balaban J connectivity index is 2.20. The standard InChI is InChI=1S/C7H7N5O2/c8-6-5-7(14-3-13-5)12(11-6)4-1-2-9-10-4/h1-2H,3H2,(H2,8,11)(H,9,10). The van der Waals surface area contributed by atoms with E-state index < -0.39 is 0 Å². The van der Waals surface area contributed by atoms with Gasteiger partial charge in [-0.2, -0.15) is 9.78 Å². The van der Waals surface area contributed by atoms with Gasteiger partial charge in [-0.3, -0.25) is 5.10 Å². The highest BCUT2D eigenvalue weighted by molar-refractivity contribution is 5.56. The number of nitrogens with zero attached hydrogens (tertiary/aromatic N) is 3. The molecule has 0 aliphatic carbocycles. The second-order valence-corrected chi connectivity index (χ2v) is 2.78. The van der Waals surface area contributed by atoms with E-state index in [9.17, 15) is 0 Å². The van der Waals surface area contributed by atoms with E-state index in [-0.39, 0.29) is 6.79 Å². The fourth-order valence-corrected chi connectivity index (χ4v) is 1.34. The summed E-state index contributed by atoms with van der Waals surface area (Å²) in [7, 11) is 0. The molecule has 0 bridgehead atoms. The minimum atomic E-state index is 0.172. The van der Waals surface area contributed by atoms with Gasteiger partial charge in [-0.25, -0.2) is 0 Å². The first-order chi connectivity index (χ1) is 6.86. The third-order valence-electron chi connectivity index (χ3n) is 1.94. The maximum Gasteiger partial charge on any atom is 0.267 e. The van der Waals surface area contributed by atoms with Crippen LogP contribution >= 0.6 is 0 Å². The maximum atomic E-state index is 5.63. The summed E-state index contributed by atoms with van der Waals surface area (Å²) in [5.41, 5.74) is 5.63. The maximum absolute atomic E-state index is 5.63. The third kappa shape index (κ3) is 0.804. The van der Waals surface area contributed by atoms with Crippen LogP contribution in [0.2, 0.25) is 0 Å². The molecule has 0 saturated carbocycles. The minimum Gasteiger partial charge on any atom is -0.448 e. The van der Waals surface area contributed by atoms with Crippen LogP contribution in [0.15, 0.2) is 12.3 Å². The van der Waals surface area contributed by atoms with Gasteiger partial charge in [0.05, 0.1) is 6.20 Å². The molecule has 0 unspecified atom stereocenters. The first-order valence-corrected chi connectivity index (χ1v) is 4.00. The SMILES string of the molecule is Nc1nn(-c2ccn[nH]2)c2c1OCO2. The Bertz CT molecular complexity index is 461. The molecule has 0 atom stereocenters. The number of nitrogens with two attached hydrogens (primary N) is 1. The van der Waals surface area contributed by atoms with Gasteiger partial charge in [0.15, 0.2) is 11.6 Å². The third-order valence-corrected chi connectivity index (χ3v) is 1.94. The summed E-state index contributed by atoms with van der Waals surface area (Å²) >= 11 is 0. The molecule has 3 rings (SSSR count). The lowest BCUT2D eigenvalue weighted by molar-refractivity contribution is 0.166. The molecule has 7 nitrogen and oxygen atoms in total. The Hall–Kier alpha value is -2.18. The Morgan fingerprint density at radius 2 is 2.43 bits per heavy atom. The number of anilines is 1. The summed E-state index contributed by atoms with van der Waals surface area (Å²) in [5.74, 6) is 1.99. The topological polar surface area (TPSA) is 91.0 Å². The number of hydrogen-bond donors (Lipinski definition) is 2. The average Bonchev–Trinajstić information content (AvgIpc) is 2.84. The number of nitrogens with one attached hydrogen (secondary N) is 1. The van der Waals surface area contributed by atoms with E-state index in [0.717, 1.165) is 0 Å². The van der Waals surface area contributed by atoms with Gasteiger partial charge in [0, 0.05) is 6.07 Å². The molecule has 0 amide bonds. The van der Waals surface area contributed by atoms with Crippen LogP contribution in [0, 0.1) is 0 Å². The van der Waals surface area contributed by atoms with Crippen molar-refractivity contribution in [2.24, 2.45) is 0 Å². The number of aromatic nitrogens is 4. The highest BCUT2D eigenvalue weighted by atomic mass is 16.7. The van der Waals surface area contributed by atoms with Gasteiger partial charge >= 0.3 is 0 Å². The van der Waals surface area contributed by atoms with Crippen LogP contribution in [0.3, 0.4) is 0 Å². The number of fused-ring (bicyclic) bond motifs is 1. The van der Waals surface area contributed by atoms with Gasteiger partial charge in [-0.15, -0.1) is 5.10 Å². The summed E-state index contributed by atoms with van der Waals surface area (Å²) < 4.78 is 11.9. The number of H-pyrrole nitrogens is 1. The minimum absolute atomic E-state index is 0.172. The molecule has 0 saturated heterocycles. The molecule has 3 heterocycles.